The molecule has 2 rings (SSSR count). The lowest BCUT2D eigenvalue weighted by Crippen LogP contribution is -2.41. The Balaban J connectivity index is 2.43. The molecule has 5 N–H and O–H groups in total. The Morgan fingerprint density at radius 2 is 2.45 bits per heavy atom. The van der Waals surface area contributed by atoms with Crippen LogP contribution >= 0.6 is 12.2 Å². The van der Waals surface area contributed by atoms with Gasteiger partial charge in [-0.25, -0.2) is 0 Å². The summed E-state index contributed by atoms with van der Waals surface area (Å²) in [6.45, 7) is 0. The molecule has 0 amide bonds. The molecule has 0 saturated heterocycles. The van der Waals surface area contributed by atoms with Crippen LogP contribution in [-0.2, 0) is 0 Å². The summed E-state index contributed by atoms with van der Waals surface area (Å²) in [4.78, 5) is 0. The maximum atomic E-state index is 5.68. The standard InChI is InChI=1S/C5H7N5S/c6-3-2-1-7-10-4(2)9-5(11)8-3/h1,3H,6H2,(H3,7,8,9,10,11)/t3-/m1/s1. The molecule has 5 nitrogen and oxygen atoms in total. The zero-order valence-electron chi connectivity index (χ0n) is 5.59. The van der Waals surface area contributed by atoms with Crippen LogP contribution in [0.15, 0.2) is 6.20 Å². The van der Waals surface area contributed by atoms with Crippen LogP contribution in [0.4, 0.5) is 5.82 Å². The van der Waals surface area contributed by atoms with Gasteiger partial charge in [-0.2, -0.15) is 5.10 Å². The van der Waals surface area contributed by atoms with Gasteiger partial charge in [-0.15, -0.1) is 0 Å². The van der Waals surface area contributed by atoms with Crippen LogP contribution in [0.1, 0.15) is 11.7 Å². The van der Waals surface area contributed by atoms with Gasteiger partial charge >= 0.3 is 0 Å². The molecule has 0 spiro atoms. The highest BCUT2D eigenvalue weighted by molar-refractivity contribution is 7.80. The summed E-state index contributed by atoms with van der Waals surface area (Å²) in [6, 6.07) is 0. The average Bonchev–Trinajstić information content (AvgIpc) is 2.34. The van der Waals surface area contributed by atoms with Gasteiger partial charge in [-0.3, -0.25) is 5.10 Å². The Kier molecular flexibility index (Phi) is 1.30. The van der Waals surface area contributed by atoms with E-state index in [9.17, 15) is 0 Å². The first-order valence-corrected chi connectivity index (χ1v) is 3.54. The molecule has 0 saturated carbocycles. The van der Waals surface area contributed by atoms with Crippen LogP contribution < -0.4 is 16.4 Å². The van der Waals surface area contributed by atoms with E-state index < -0.39 is 0 Å². The highest BCUT2D eigenvalue weighted by Crippen LogP contribution is 2.19. The Morgan fingerprint density at radius 1 is 1.64 bits per heavy atom. The molecule has 0 bridgehead atoms. The third-order valence-corrected chi connectivity index (χ3v) is 1.75. The quantitative estimate of drug-likeness (QED) is 0.400. The van der Waals surface area contributed by atoms with Crippen molar-refractivity contribution >= 4 is 23.1 Å². The van der Waals surface area contributed by atoms with E-state index in [2.05, 4.69) is 20.8 Å². The SMILES string of the molecule is N[C@@H]1NC(=S)Nc2[nH]ncc21. The Bertz CT molecular complexity index is 293. The molecule has 0 radical (unpaired) electrons. The van der Waals surface area contributed by atoms with Crippen LogP contribution in [0.2, 0.25) is 0 Å². The van der Waals surface area contributed by atoms with Gasteiger partial charge in [0.2, 0.25) is 0 Å². The van der Waals surface area contributed by atoms with Crippen LogP contribution in [0.25, 0.3) is 0 Å². The second-order valence-electron chi connectivity index (χ2n) is 2.28. The molecule has 1 aliphatic heterocycles. The molecular weight excluding hydrogens is 162 g/mol. The minimum absolute atomic E-state index is 0.252. The van der Waals surface area contributed by atoms with Crippen LogP contribution in [0.5, 0.6) is 0 Å². The molecule has 1 atom stereocenters. The number of hydrogen-bond acceptors (Lipinski definition) is 3. The van der Waals surface area contributed by atoms with Crippen molar-refractivity contribution in [3.8, 4) is 0 Å². The second kappa shape index (κ2) is 2.18. The van der Waals surface area contributed by atoms with Gasteiger partial charge in [-0.05, 0) is 12.2 Å². The van der Waals surface area contributed by atoms with Crippen LogP contribution in [0, 0.1) is 0 Å². The van der Waals surface area contributed by atoms with Crippen LogP contribution in [-0.4, -0.2) is 15.3 Å². The maximum Gasteiger partial charge on any atom is 0.173 e. The summed E-state index contributed by atoms with van der Waals surface area (Å²) in [5, 5.41) is 12.8. The first-order chi connectivity index (χ1) is 5.27. The van der Waals surface area contributed by atoms with Gasteiger partial charge in [0.1, 0.15) is 12.0 Å². The normalized spacial score (nSPS) is 21.9. The number of H-pyrrole nitrogens is 1. The first-order valence-electron chi connectivity index (χ1n) is 3.14. The number of nitrogens with two attached hydrogens (primary N) is 1. The summed E-state index contributed by atoms with van der Waals surface area (Å²) < 4.78 is 0. The lowest BCUT2D eigenvalue weighted by atomic mass is 10.2. The van der Waals surface area contributed by atoms with Gasteiger partial charge in [0.05, 0.1) is 11.8 Å². The number of aromatic amines is 1. The zero-order chi connectivity index (χ0) is 7.84. The third-order valence-electron chi connectivity index (χ3n) is 1.53. The number of thiocarbonyl (C=S) groups is 1. The summed E-state index contributed by atoms with van der Waals surface area (Å²) in [6.07, 6.45) is 1.42. The molecule has 6 heteroatoms. The monoisotopic (exact) mass is 169 g/mol. The maximum absolute atomic E-state index is 5.68. The molecule has 58 valence electrons. The van der Waals surface area contributed by atoms with Crippen molar-refractivity contribution in [1.82, 2.24) is 15.5 Å². The van der Waals surface area contributed by atoms with Gasteiger partial charge in [0.25, 0.3) is 0 Å². The van der Waals surface area contributed by atoms with Gasteiger partial charge in [0.15, 0.2) is 5.11 Å². The van der Waals surface area contributed by atoms with Crippen molar-refractivity contribution in [3.63, 3.8) is 0 Å². The summed E-state index contributed by atoms with van der Waals surface area (Å²) >= 11 is 4.87. The molecule has 1 aromatic heterocycles. The lowest BCUT2D eigenvalue weighted by molar-refractivity contribution is 0.678. The predicted molar refractivity (Wildman–Crippen MR) is 44.9 cm³/mol. The van der Waals surface area contributed by atoms with Crippen molar-refractivity contribution in [2.24, 2.45) is 5.73 Å². The fourth-order valence-corrected chi connectivity index (χ4v) is 1.23. The van der Waals surface area contributed by atoms with Crippen LogP contribution in [0.3, 0.4) is 0 Å². The Labute approximate surface area is 68.4 Å². The van der Waals surface area contributed by atoms with E-state index in [4.69, 9.17) is 18.0 Å². The number of hydrogen-bond donors (Lipinski definition) is 4. The van der Waals surface area contributed by atoms with Gasteiger partial charge < -0.3 is 16.4 Å². The first kappa shape index (κ1) is 6.56. The number of nitrogens with one attached hydrogen (secondary N) is 3. The number of anilines is 1. The zero-order valence-corrected chi connectivity index (χ0v) is 6.40. The van der Waals surface area contributed by atoms with Gasteiger partial charge in [-0.1, -0.05) is 0 Å². The minimum Gasteiger partial charge on any atom is -0.343 e. The topological polar surface area (TPSA) is 78.8 Å². The van der Waals surface area contributed by atoms with E-state index in [0.29, 0.717) is 5.11 Å². The number of nitrogens with zero attached hydrogens (tertiary/aromatic N) is 1. The van der Waals surface area contributed by atoms with E-state index >= 15 is 0 Å². The number of aromatic nitrogens is 2. The molecule has 0 fully saturated rings. The highest BCUT2D eigenvalue weighted by Gasteiger charge is 2.19. The van der Waals surface area contributed by atoms with E-state index in [1.807, 2.05) is 0 Å². The molecule has 0 aliphatic carbocycles. The average molecular weight is 169 g/mol. The molecule has 0 unspecified atom stereocenters. The molecule has 1 aliphatic rings. The molecule has 0 aromatic carbocycles. The second-order valence-corrected chi connectivity index (χ2v) is 2.68. The molecule has 11 heavy (non-hydrogen) atoms. The van der Waals surface area contributed by atoms with E-state index in [0.717, 1.165) is 11.4 Å². The van der Waals surface area contributed by atoms with Crippen molar-refractivity contribution < 1.29 is 0 Å². The predicted octanol–water partition coefficient (Wildman–Crippen LogP) is -0.333. The molecule has 2 heterocycles. The van der Waals surface area contributed by atoms with Crippen molar-refractivity contribution in [2.75, 3.05) is 5.32 Å². The van der Waals surface area contributed by atoms with E-state index in [1.165, 1.54) is 0 Å². The lowest BCUT2D eigenvalue weighted by Gasteiger charge is -2.22. The van der Waals surface area contributed by atoms with Gasteiger partial charge in [0, 0.05) is 0 Å². The summed E-state index contributed by atoms with van der Waals surface area (Å²) in [5.41, 5.74) is 6.58. The number of fused-ring (bicyclic) bond motifs is 1. The van der Waals surface area contributed by atoms with Crippen molar-refractivity contribution in [2.45, 2.75) is 6.17 Å². The largest absolute Gasteiger partial charge is 0.343 e. The Hall–Kier alpha value is -1.14. The Morgan fingerprint density at radius 3 is 3.27 bits per heavy atom. The fraction of sp³-hybridized carbons (Fsp3) is 0.200. The summed E-state index contributed by atoms with van der Waals surface area (Å²) in [5.74, 6) is 0.779. The molecular formula is C5H7N5S. The summed E-state index contributed by atoms with van der Waals surface area (Å²) in [7, 11) is 0. The minimum atomic E-state index is -0.252. The highest BCUT2D eigenvalue weighted by atomic mass is 32.1. The smallest absolute Gasteiger partial charge is 0.173 e. The van der Waals surface area contributed by atoms with E-state index in [-0.39, 0.29) is 6.17 Å². The third kappa shape index (κ3) is 0.958. The fourth-order valence-electron chi connectivity index (χ4n) is 1.000. The van der Waals surface area contributed by atoms with E-state index in [1.54, 1.807) is 6.20 Å². The number of rotatable bonds is 0. The van der Waals surface area contributed by atoms with Crippen molar-refractivity contribution in [3.05, 3.63) is 11.8 Å². The van der Waals surface area contributed by atoms with Crippen molar-refractivity contribution in [1.29, 1.82) is 0 Å². The molecule has 1 aromatic rings.